The summed E-state index contributed by atoms with van der Waals surface area (Å²) >= 11 is 3.45. The van der Waals surface area contributed by atoms with Crippen LogP contribution in [0, 0.1) is 10.1 Å². The maximum absolute atomic E-state index is 13.6. The summed E-state index contributed by atoms with van der Waals surface area (Å²) < 4.78 is 24.2. The molecule has 0 fully saturated rings. The lowest BCUT2D eigenvalue weighted by Crippen LogP contribution is -2.26. The second-order valence-corrected chi connectivity index (χ2v) is 10.1. The third kappa shape index (κ3) is 6.11. The summed E-state index contributed by atoms with van der Waals surface area (Å²) in [6.07, 6.45) is 0.140. The van der Waals surface area contributed by atoms with E-state index in [0.29, 0.717) is 22.2 Å². The number of fused-ring (bicyclic) bond motifs is 2. The fourth-order valence-corrected chi connectivity index (χ4v) is 4.70. The number of nitrogens with zero attached hydrogens (tertiary/aromatic N) is 4. The smallest absolute Gasteiger partial charge is 0.347 e. The molecule has 0 spiro atoms. The standard InChI is InChI=1S/C30H25BrN4O8/c1-4-40-25-13-18(12-23(35(38)39)27(25)42-17(3)30(37)41-5-2)16-32-34-28(33-22-9-7-6-8-21(22)29(34)36)26-15-19-14-20(31)10-11-24(19)43-26/h6-17H,4-5H2,1-3H3/t17-/m1/s1. The Hall–Kier alpha value is -5.04. The van der Waals surface area contributed by atoms with Gasteiger partial charge in [-0.2, -0.15) is 9.78 Å². The first-order chi connectivity index (χ1) is 20.7. The van der Waals surface area contributed by atoms with Gasteiger partial charge in [0, 0.05) is 21.5 Å². The minimum Gasteiger partial charge on any atom is -0.490 e. The number of carbonyl (C=O) groups is 1. The monoisotopic (exact) mass is 648 g/mol. The first kappa shape index (κ1) is 29.5. The van der Waals surface area contributed by atoms with Gasteiger partial charge in [-0.25, -0.2) is 9.78 Å². The van der Waals surface area contributed by atoms with Gasteiger partial charge in [0.2, 0.25) is 11.6 Å². The van der Waals surface area contributed by atoms with E-state index in [0.717, 1.165) is 14.5 Å². The second kappa shape index (κ2) is 12.4. The first-order valence-corrected chi connectivity index (χ1v) is 14.0. The summed E-state index contributed by atoms with van der Waals surface area (Å²) in [5, 5.41) is 17.6. The maximum atomic E-state index is 13.6. The van der Waals surface area contributed by atoms with Gasteiger partial charge in [-0.05, 0) is 63.2 Å². The van der Waals surface area contributed by atoms with Crippen molar-refractivity contribution < 1.29 is 28.3 Å². The fourth-order valence-electron chi connectivity index (χ4n) is 4.32. The Kier molecular flexibility index (Phi) is 8.53. The number of benzene rings is 3. The maximum Gasteiger partial charge on any atom is 0.347 e. The lowest BCUT2D eigenvalue weighted by Gasteiger charge is -2.17. The van der Waals surface area contributed by atoms with Gasteiger partial charge in [0.1, 0.15) is 5.58 Å². The second-order valence-electron chi connectivity index (χ2n) is 9.18. The highest BCUT2D eigenvalue weighted by molar-refractivity contribution is 9.10. The Bertz CT molecular complexity index is 1950. The van der Waals surface area contributed by atoms with Crippen LogP contribution in [-0.4, -0.2) is 46.1 Å². The molecule has 43 heavy (non-hydrogen) atoms. The van der Waals surface area contributed by atoms with Crippen LogP contribution in [-0.2, 0) is 9.53 Å². The Morgan fingerprint density at radius 1 is 1.16 bits per heavy atom. The Labute approximate surface area is 252 Å². The molecule has 0 bridgehead atoms. The number of aromatic nitrogens is 2. The number of carbonyl (C=O) groups excluding carboxylic acids is 1. The van der Waals surface area contributed by atoms with Gasteiger partial charge in [-0.15, -0.1) is 0 Å². The SMILES string of the molecule is CCOC(=O)[C@@H](C)Oc1c(OCC)cc(C=Nn2c(-c3cc4cc(Br)ccc4o3)nc3ccccc3c2=O)cc1[N+](=O)[O-]. The molecule has 0 amide bonds. The Morgan fingerprint density at radius 2 is 1.95 bits per heavy atom. The van der Waals surface area contributed by atoms with E-state index in [-0.39, 0.29) is 36.1 Å². The number of hydrogen-bond donors (Lipinski definition) is 0. The largest absolute Gasteiger partial charge is 0.490 e. The first-order valence-electron chi connectivity index (χ1n) is 13.2. The van der Waals surface area contributed by atoms with Crippen molar-refractivity contribution in [3.63, 3.8) is 0 Å². The molecular weight excluding hydrogens is 624 g/mol. The number of furan rings is 1. The number of halogens is 1. The fraction of sp³-hybridized carbons (Fsp3) is 0.200. The van der Waals surface area contributed by atoms with Crippen molar-refractivity contribution in [1.29, 1.82) is 0 Å². The molecule has 0 aliphatic carbocycles. The molecule has 1 atom stereocenters. The van der Waals surface area contributed by atoms with Crippen molar-refractivity contribution >= 4 is 55.7 Å². The van der Waals surface area contributed by atoms with Gasteiger partial charge >= 0.3 is 11.7 Å². The molecule has 0 N–H and O–H groups in total. The molecule has 3 aromatic carbocycles. The van der Waals surface area contributed by atoms with Gasteiger partial charge in [0.25, 0.3) is 5.56 Å². The predicted molar refractivity (Wildman–Crippen MR) is 163 cm³/mol. The van der Waals surface area contributed by atoms with E-state index < -0.39 is 28.2 Å². The van der Waals surface area contributed by atoms with Gasteiger partial charge in [0.15, 0.2) is 17.6 Å². The van der Waals surface area contributed by atoms with E-state index in [1.54, 1.807) is 50.2 Å². The highest BCUT2D eigenvalue weighted by Gasteiger charge is 2.27. The average Bonchev–Trinajstić information content (AvgIpc) is 3.40. The normalized spacial score (nSPS) is 12.1. The third-order valence-corrected chi connectivity index (χ3v) is 6.74. The van der Waals surface area contributed by atoms with Crippen LogP contribution in [0.2, 0.25) is 0 Å². The van der Waals surface area contributed by atoms with Crippen molar-refractivity contribution in [2.24, 2.45) is 5.10 Å². The lowest BCUT2D eigenvalue weighted by molar-refractivity contribution is -0.386. The summed E-state index contributed by atoms with van der Waals surface area (Å²) in [7, 11) is 0. The molecule has 13 heteroatoms. The van der Waals surface area contributed by atoms with E-state index in [1.165, 1.54) is 25.3 Å². The van der Waals surface area contributed by atoms with Crippen LogP contribution in [0.25, 0.3) is 33.5 Å². The van der Waals surface area contributed by atoms with Crippen LogP contribution in [0.1, 0.15) is 26.3 Å². The molecule has 5 aromatic rings. The van der Waals surface area contributed by atoms with E-state index in [2.05, 4.69) is 26.0 Å². The minimum absolute atomic E-state index is 0.0152. The van der Waals surface area contributed by atoms with Crippen LogP contribution in [0.4, 0.5) is 5.69 Å². The number of rotatable bonds is 10. The van der Waals surface area contributed by atoms with Crippen molar-refractivity contribution in [2.45, 2.75) is 26.9 Å². The van der Waals surface area contributed by atoms with Crippen LogP contribution in [0.3, 0.4) is 0 Å². The van der Waals surface area contributed by atoms with E-state index >= 15 is 0 Å². The lowest BCUT2D eigenvalue weighted by atomic mass is 10.1. The number of hydrogen-bond acceptors (Lipinski definition) is 10. The summed E-state index contributed by atoms with van der Waals surface area (Å²) in [5.41, 5.74) is 0.325. The van der Waals surface area contributed by atoms with Gasteiger partial charge in [-0.3, -0.25) is 14.9 Å². The van der Waals surface area contributed by atoms with E-state index in [9.17, 15) is 19.7 Å². The van der Waals surface area contributed by atoms with E-state index in [1.807, 2.05) is 12.1 Å². The molecular formula is C30H25BrN4O8. The topological polar surface area (TPSA) is 148 Å². The van der Waals surface area contributed by atoms with Gasteiger partial charge in [0.05, 0.1) is 35.3 Å². The zero-order valence-electron chi connectivity index (χ0n) is 23.3. The number of ether oxygens (including phenoxy) is 3. The zero-order valence-corrected chi connectivity index (χ0v) is 24.9. The van der Waals surface area contributed by atoms with Crippen molar-refractivity contribution in [2.75, 3.05) is 13.2 Å². The molecule has 0 aliphatic heterocycles. The van der Waals surface area contributed by atoms with Crippen LogP contribution in [0.5, 0.6) is 11.5 Å². The summed E-state index contributed by atoms with van der Waals surface area (Å²) in [4.78, 5) is 41.8. The highest BCUT2D eigenvalue weighted by atomic mass is 79.9. The van der Waals surface area contributed by atoms with Crippen molar-refractivity contribution in [3.8, 4) is 23.1 Å². The molecule has 0 unspecified atom stereocenters. The molecule has 2 aromatic heterocycles. The van der Waals surface area contributed by atoms with Crippen LogP contribution >= 0.6 is 15.9 Å². The molecule has 0 aliphatic rings. The molecule has 12 nitrogen and oxygen atoms in total. The molecule has 5 rings (SSSR count). The third-order valence-electron chi connectivity index (χ3n) is 6.24. The van der Waals surface area contributed by atoms with E-state index in [4.69, 9.17) is 18.6 Å². The van der Waals surface area contributed by atoms with Crippen LogP contribution < -0.4 is 15.0 Å². The molecule has 220 valence electrons. The summed E-state index contributed by atoms with van der Waals surface area (Å²) in [6.45, 7) is 5.04. The number of nitro groups is 1. The predicted octanol–water partition coefficient (Wildman–Crippen LogP) is 6.09. The number of nitro benzene ring substituents is 1. The quantitative estimate of drug-likeness (QED) is 0.0758. The average molecular weight is 649 g/mol. The summed E-state index contributed by atoms with van der Waals surface area (Å²) in [6, 6.07) is 16.7. The molecule has 0 saturated carbocycles. The Balaban J connectivity index is 1.64. The number of para-hydroxylation sites is 1. The summed E-state index contributed by atoms with van der Waals surface area (Å²) in [5.74, 6) is -0.469. The van der Waals surface area contributed by atoms with Crippen LogP contribution in [0.15, 0.2) is 79.4 Å². The molecule has 0 radical (unpaired) electrons. The minimum atomic E-state index is -1.13. The Morgan fingerprint density at radius 3 is 2.70 bits per heavy atom. The zero-order chi connectivity index (χ0) is 30.7. The van der Waals surface area contributed by atoms with Crippen molar-refractivity contribution in [3.05, 3.63) is 91.2 Å². The number of esters is 1. The highest BCUT2D eigenvalue weighted by Crippen LogP contribution is 2.39. The van der Waals surface area contributed by atoms with Gasteiger partial charge in [-0.1, -0.05) is 28.1 Å². The molecule has 2 heterocycles. The molecule has 0 saturated heterocycles. The van der Waals surface area contributed by atoms with Gasteiger partial charge < -0.3 is 18.6 Å². The van der Waals surface area contributed by atoms with Crippen molar-refractivity contribution in [1.82, 2.24) is 9.66 Å².